The van der Waals surface area contributed by atoms with Crippen LogP contribution in [0.3, 0.4) is 0 Å². The summed E-state index contributed by atoms with van der Waals surface area (Å²) in [6.07, 6.45) is 0. The van der Waals surface area contributed by atoms with E-state index in [1.165, 1.54) is 0 Å². The molecule has 0 saturated carbocycles. The molecule has 0 spiro atoms. The van der Waals surface area contributed by atoms with Crippen LogP contribution in [0.4, 0.5) is 0 Å². The van der Waals surface area contributed by atoms with E-state index >= 15 is 0 Å². The fourth-order valence-electron chi connectivity index (χ4n) is 2.15. The van der Waals surface area contributed by atoms with Crippen molar-refractivity contribution in [3.8, 4) is 5.75 Å². The summed E-state index contributed by atoms with van der Waals surface area (Å²) in [5.74, 6) is 0.848. The van der Waals surface area contributed by atoms with Gasteiger partial charge < -0.3 is 19.7 Å². The molecule has 1 saturated heterocycles. The zero-order valence-electron chi connectivity index (χ0n) is 13.0. The third-order valence-corrected chi connectivity index (χ3v) is 3.62. The first-order valence-corrected chi connectivity index (χ1v) is 7.33. The number of carbonyl (C=O) groups excluding carboxylic acids is 1. The standard InChI is InChI=1S/C16H24N2O3/c1-4-20-14-7-5-13(6-8-14)9-18(3)15(19)10-21-16(2)11-17-12-16/h5-8,17H,4,9-12H2,1-3H3. The van der Waals surface area contributed by atoms with Crippen LogP contribution in [0, 0.1) is 0 Å². The maximum Gasteiger partial charge on any atom is 0.248 e. The van der Waals surface area contributed by atoms with Gasteiger partial charge in [-0.05, 0) is 31.5 Å². The van der Waals surface area contributed by atoms with Gasteiger partial charge in [-0.2, -0.15) is 0 Å². The molecule has 5 nitrogen and oxygen atoms in total. The predicted octanol–water partition coefficient (Wildman–Crippen LogP) is 1.42. The number of hydrogen-bond acceptors (Lipinski definition) is 4. The van der Waals surface area contributed by atoms with Gasteiger partial charge in [-0.3, -0.25) is 4.79 Å². The molecule has 0 radical (unpaired) electrons. The number of likely N-dealkylation sites (N-methyl/N-ethyl adjacent to an activating group) is 1. The van der Waals surface area contributed by atoms with Gasteiger partial charge in [0.2, 0.25) is 5.91 Å². The first-order valence-electron chi connectivity index (χ1n) is 7.33. The van der Waals surface area contributed by atoms with E-state index in [0.717, 1.165) is 24.4 Å². The number of hydrogen-bond donors (Lipinski definition) is 1. The summed E-state index contributed by atoms with van der Waals surface area (Å²) >= 11 is 0. The van der Waals surface area contributed by atoms with E-state index in [1.54, 1.807) is 11.9 Å². The van der Waals surface area contributed by atoms with Crippen molar-refractivity contribution in [2.45, 2.75) is 26.0 Å². The van der Waals surface area contributed by atoms with Crippen LogP contribution in [0.25, 0.3) is 0 Å². The first kappa shape index (κ1) is 15.8. The van der Waals surface area contributed by atoms with Crippen LogP contribution in [0.15, 0.2) is 24.3 Å². The van der Waals surface area contributed by atoms with Crippen molar-refractivity contribution in [2.75, 3.05) is 33.4 Å². The van der Waals surface area contributed by atoms with Gasteiger partial charge in [0.1, 0.15) is 12.4 Å². The van der Waals surface area contributed by atoms with Gasteiger partial charge in [-0.25, -0.2) is 0 Å². The molecule has 1 aliphatic heterocycles. The number of carbonyl (C=O) groups is 1. The van der Waals surface area contributed by atoms with Crippen LogP contribution >= 0.6 is 0 Å². The van der Waals surface area contributed by atoms with Crippen LogP contribution in [-0.2, 0) is 16.1 Å². The smallest absolute Gasteiger partial charge is 0.248 e. The van der Waals surface area contributed by atoms with Crippen molar-refractivity contribution in [3.63, 3.8) is 0 Å². The number of nitrogens with one attached hydrogen (secondary N) is 1. The Balaban J connectivity index is 1.79. The minimum absolute atomic E-state index is 0.00277. The van der Waals surface area contributed by atoms with Crippen molar-refractivity contribution >= 4 is 5.91 Å². The van der Waals surface area contributed by atoms with Gasteiger partial charge in [0.25, 0.3) is 0 Å². The second-order valence-corrected chi connectivity index (χ2v) is 5.67. The summed E-state index contributed by atoms with van der Waals surface area (Å²) in [5.41, 5.74) is 0.890. The van der Waals surface area contributed by atoms with E-state index in [4.69, 9.17) is 9.47 Å². The summed E-state index contributed by atoms with van der Waals surface area (Å²) in [5, 5.41) is 3.15. The number of ether oxygens (including phenoxy) is 2. The number of benzene rings is 1. The molecule has 0 unspecified atom stereocenters. The summed E-state index contributed by atoms with van der Waals surface area (Å²) in [7, 11) is 1.80. The van der Waals surface area contributed by atoms with Gasteiger partial charge >= 0.3 is 0 Å². The molecular weight excluding hydrogens is 268 g/mol. The maximum absolute atomic E-state index is 12.1. The lowest BCUT2D eigenvalue weighted by Crippen LogP contribution is -2.59. The van der Waals surface area contributed by atoms with E-state index in [9.17, 15) is 4.79 Å². The Morgan fingerprint density at radius 3 is 2.52 bits per heavy atom. The summed E-state index contributed by atoms with van der Waals surface area (Å²) < 4.78 is 11.1. The average Bonchev–Trinajstić information content (AvgIpc) is 2.45. The molecule has 1 N–H and O–H groups in total. The van der Waals surface area contributed by atoms with E-state index < -0.39 is 0 Å². The van der Waals surface area contributed by atoms with E-state index in [2.05, 4.69) is 5.32 Å². The van der Waals surface area contributed by atoms with E-state index in [0.29, 0.717) is 13.2 Å². The molecule has 2 rings (SSSR count). The zero-order valence-corrected chi connectivity index (χ0v) is 13.0. The van der Waals surface area contributed by atoms with Gasteiger partial charge in [0, 0.05) is 26.7 Å². The molecule has 0 aromatic heterocycles. The van der Waals surface area contributed by atoms with E-state index in [-0.39, 0.29) is 18.1 Å². The number of nitrogens with zero attached hydrogens (tertiary/aromatic N) is 1. The summed E-state index contributed by atoms with van der Waals surface area (Å²) in [6, 6.07) is 7.81. The number of rotatable bonds is 7. The third kappa shape index (κ3) is 4.44. The maximum atomic E-state index is 12.1. The van der Waals surface area contributed by atoms with Crippen molar-refractivity contribution in [3.05, 3.63) is 29.8 Å². The quantitative estimate of drug-likeness (QED) is 0.826. The van der Waals surface area contributed by atoms with Crippen LogP contribution < -0.4 is 10.1 Å². The summed E-state index contributed by atoms with van der Waals surface area (Å²) in [4.78, 5) is 13.7. The van der Waals surface area contributed by atoms with E-state index in [1.807, 2.05) is 38.1 Å². The SMILES string of the molecule is CCOc1ccc(CN(C)C(=O)COC2(C)CNC2)cc1. The predicted molar refractivity (Wildman–Crippen MR) is 81.3 cm³/mol. The van der Waals surface area contributed by atoms with Gasteiger partial charge in [-0.15, -0.1) is 0 Å². The van der Waals surface area contributed by atoms with Crippen LogP contribution in [-0.4, -0.2) is 49.8 Å². The molecule has 0 aliphatic carbocycles. The lowest BCUT2D eigenvalue weighted by molar-refractivity contribution is -0.145. The third-order valence-electron chi connectivity index (χ3n) is 3.62. The Kier molecular flexibility index (Phi) is 5.20. The molecule has 1 fully saturated rings. The highest BCUT2D eigenvalue weighted by molar-refractivity contribution is 5.77. The zero-order chi connectivity index (χ0) is 15.3. The molecule has 21 heavy (non-hydrogen) atoms. The molecule has 116 valence electrons. The Morgan fingerprint density at radius 1 is 1.33 bits per heavy atom. The molecule has 1 aliphatic rings. The minimum atomic E-state index is -0.185. The van der Waals surface area contributed by atoms with Crippen LogP contribution in [0.1, 0.15) is 19.4 Å². The van der Waals surface area contributed by atoms with Crippen molar-refractivity contribution < 1.29 is 14.3 Å². The molecule has 5 heteroatoms. The van der Waals surface area contributed by atoms with Crippen molar-refractivity contribution in [1.82, 2.24) is 10.2 Å². The Morgan fingerprint density at radius 2 is 2.00 bits per heavy atom. The summed E-state index contributed by atoms with van der Waals surface area (Å²) in [6.45, 7) is 6.95. The molecule has 0 bridgehead atoms. The molecule has 1 aromatic carbocycles. The Labute approximate surface area is 126 Å². The second-order valence-electron chi connectivity index (χ2n) is 5.67. The minimum Gasteiger partial charge on any atom is -0.494 e. The fraction of sp³-hybridized carbons (Fsp3) is 0.562. The largest absolute Gasteiger partial charge is 0.494 e. The highest BCUT2D eigenvalue weighted by Crippen LogP contribution is 2.16. The Hall–Kier alpha value is -1.59. The highest BCUT2D eigenvalue weighted by atomic mass is 16.5. The van der Waals surface area contributed by atoms with Crippen LogP contribution in [0.2, 0.25) is 0 Å². The number of amides is 1. The second kappa shape index (κ2) is 6.91. The van der Waals surface area contributed by atoms with Crippen molar-refractivity contribution in [2.24, 2.45) is 0 Å². The monoisotopic (exact) mass is 292 g/mol. The molecule has 0 atom stereocenters. The average molecular weight is 292 g/mol. The topological polar surface area (TPSA) is 50.8 Å². The highest BCUT2D eigenvalue weighted by Gasteiger charge is 2.33. The first-order chi connectivity index (χ1) is 10.0. The molecule has 1 amide bonds. The van der Waals surface area contributed by atoms with Crippen LogP contribution in [0.5, 0.6) is 5.75 Å². The van der Waals surface area contributed by atoms with Crippen molar-refractivity contribution in [1.29, 1.82) is 0 Å². The molecule has 1 heterocycles. The lowest BCUT2D eigenvalue weighted by Gasteiger charge is -2.39. The normalized spacial score (nSPS) is 16.1. The Bertz CT molecular complexity index is 469. The molecular formula is C16H24N2O3. The lowest BCUT2D eigenvalue weighted by atomic mass is 10.0. The van der Waals surface area contributed by atoms with Gasteiger partial charge in [-0.1, -0.05) is 12.1 Å². The molecule has 1 aromatic rings. The fourth-order valence-corrected chi connectivity index (χ4v) is 2.15. The van der Waals surface area contributed by atoms with Gasteiger partial charge in [0.15, 0.2) is 0 Å². The van der Waals surface area contributed by atoms with Gasteiger partial charge in [0.05, 0.1) is 12.2 Å².